The Morgan fingerprint density at radius 1 is 1.03 bits per heavy atom. The highest BCUT2D eigenvalue weighted by Gasteiger charge is 2.42. The van der Waals surface area contributed by atoms with Gasteiger partial charge in [-0.3, -0.25) is 4.98 Å². The van der Waals surface area contributed by atoms with Gasteiger partial charge in [0, 0.05) is 30.0 Å². The van der Waals surface area contributed by atoms with Gasteiger partial charge in [-0.15, -0.1) is 0 Å². The second kappa shape index (κ2) is 9.02. The Labute approximate surface area is 206 Å². The fraction of sp³-hybridized carbons (Fsp3) is 0.125. The number of halogens is 2. The molecule has 33 heavy (non-hydrogen) atoms. The van der Waals surface area contributed by atoms with Gasteiger partial charge in [0.25, 0.3) is 0 Å². The molecule has 1 N–H and O–H groups in total. The predicted octanol–water partition coefficient (Wildman–Crippen LogP) is 5.76. The molecule has 0 saturated carbocycles. The Morgan fingerprint density at radius 2 is 1.91 bits per heavy atom. The van der Waals surface area contributed by atoms with Gasteiger partial charge in [0.05, 0.1) is 28.9 Å². The van der Waals surface area contributed by atoms with Gasteiger partial charge in [0.1, 0.15) is 17.6 Å². The summed E-state index contributed by atoms with van der Waals surface area (Å²) in [5.74, 6) is 1.36. The summed E-state index contributed by atoms with van der Waals surface area (Å²) in [6.45, 7) is 0. The first kappa shape index (κ1) is 21.7. The third-order valence-electron chi connectivity index (χ3n) is 5.55. The maximum atomic E-state index is 6.47. The fourth-order valence-corrected chi connectivity index (χ4v) is 4.80. The summed E-state index contributed by atoms with van der Waals surface area (Å²) in [7, 11) is 1.59. The molecule has 9 heteroatoms. The molecule has 166 valence electrons. The molecule has 0 amide bonds. The predicted molar refractivity (Wildman–Crippen MR) is 135 cm³/mol. The molecule has 1 fully saturated rings. The quantitative estimate of drug-likeness (QED) is 0.355. The third-order valence-corrected chi connectivity index (χ3v) is 6.39. The summed E-state index contributed by atoms with van der Waals surface area (Å²) < 4.78 is 7.37. The summed E-state index contributed by atoms with van der Waals surface area (Å²) in [4.78, 5) is 11.2. The molecule has 1 aromatic carbocycles. The van der Waals surface area contributed by atoms with E-state index in [0.29, 0.717) is 20.9 Å². The normalized spacial score (nSPS) is 17.8. The molecule has 2 atom stereocenters. The van der Waals surface area contributed by atoms with Gasteiger partial charge in [-0.1, -0.05) is 29.3 Å². The minimum absolute atomic E-state index is 0.194. The van der Waals surface area contributed by atoms with E-state index in [-0.39, 0.29) is 12.1 Å². The van der Waals surface area contributed by atoms with Crippen molar-refractivity contribution in [1.29, 1.82) is 0 Å². The van der Waals surface area contributed by atoms with Crippen LogP contribution in [0.15, 0.2) is 79.3 Å². The summed E-state index contributed by atoms with van der Waals surface area (Å²) in [6.07, 6.45) is 5.39. The second-order valence-corrected chi connectivity index (χ2v) is 8.68. The molecule has 1 saturated heterocycles. The number of nitrogens with one attached hydrogen (secondary N) is 1. The number of methoxy groups -OCH3 is 1. The average Bonchev–Trinajstić information content (AvgIpc) is 3.44. The minimum Gasteiger partial charge on any atom is -0.495 e. The van der Waals surface area contributed by atoms with Crippen LogP contribution in [0.2, 0.25) is 10.0 Å². The highest BCUT2D eigenvalue weighted by atomic mass is 35.5. The molecule has 1 aliphatic rings. The van der Waals surface area contributed by atoms with E-state index in [1.165, 1.54) is 0 Å². The Morgan fingerprint density at radius 3 is 2.61 bits per heavy atom. The molecule has 3 aromatic heterocycles. The number of ether oxygens (including phenoxy) is 1. The number of nitrogens with zero attached hydrogens (tertiary/aromatic N) is 4. The number of aromatic nitrogens is 3. The number of hydrogen-bond donors (Lipinski definition) is 1. The largest absolute Gasteiger partial charge is 0.495 e. The summed E-state index contributed by atoms with van der Waals surface area (Å²) >= 11 is 18.3. The number of benzene rings is 1. The third kappa shape index (κ3) is 4.04. The molecule has 6 nitrogen and oxygen atoms in total. The van der Waals surface area contributed by atoms with Gasteiger partial charge in [0.15, 0.2) is 5.11 Å². The van der Waals surface area contributed by atoms with Crippen molar-refractivity contribution in [2.24, 2.45) is 0 Å². The highest BCUT2D eigenvalue weighted by Crippen LogP contribution is 2.43. The maximum Gasteiger partial charge on any atom is 0.174 e. The zero-order valence-corrected chi connectivity index (χ0v) is 19.8. The summed E-state index contributed by atoms with van der Waals surface area (Å²) in [5.41, 5.74) is 2.71. The van der Waals surface area contributed by atoms with Crippen LogP contribution < -0.4 is 15.0 Å². The molecule has 2 unspecified atom stereocenters. The first-order valence-corrected chi connectivity index (χ1v) is 11.4. The SMILES string of the molecule is COc1ccc(N2C(=S)NC(c3ccccn3)C2c2cccn2-c2ccc(Cl)cn2)cc1Cl. The van der Waals surface area contributed by atoms with Crippen molar-refractivity contribution in [3.05, 3.63) is 101 Å². The van der Waals surface area contributed by atoms with E-state index < -0.39 is 0 Å². The van der Waals surface area contributed by atoms with Crippen LogP contribution in [-0.4, -0.2) is 26.8 Å². The van der Waals surface area contributed by atoms with Crippen molar-refractivity contribution in [3.8, 4) is 11.6 Å². The summed E-state index contributed by atoms with van der Waals surface area (Å²) in [5, 5.41) is 5.12. The van der Waals surface area contributed by atoms with E-state index in [1.807, 2.05) is 65.4 Å². The van der Waals surface area contributed by atoms with Crippen molar-refractivity contribution in [3.63, 3.8) is 0 Å². The van der Waals surface area contributed by atoms with Crippen molar-refractivity contribution in [1.82, 2.24) is 19.9 Å². The van der Waals surface area contributed by atoms with Gasteiger partial charge in [-0.05, 0) is 66.8 Å². The van der Waals surface area contributed by atoms with Crippen LogP contribution in [0.1, 0.15) is 23.5 Å². The highest BCUT2D eigenvalue weighted by molar-refractivity contribution is 7.80. The van der Waals surface area contributed by atoms with E-state index in [9.17, 15) is 0 Å². The van der Waals surface area contributed by atoms with E-state index >= 15 is 0 Å². The number of thiocarbonyl (C=S) groups is 1. The lowest BCUT2D eigenvalue weighted by Gasteiger charge is -2.29. The standard InChI is InChI=1S/C24H19Cl2N5OS/c1-32-20-9-8-16(13-17(20)26)31-23(22(29-24(31)33)18-5-2-3-11-27-18)19-6-4-12-30(19)21-10-7-15(25)14-28-21/h2-14,22-23H,1H3,(H,29,33). The minimum atomic E-state index is -0.218. The van der Waals surface area contributed by atoms with Crippen LogP contribution in [-0.2, 0) is 0 Å². The van der Waals surface area contributed by atoms with Crippen LogP contribution in [0.5, 0.6) is 5.75 Å². The molecule has 4 heterocycles. The van der Waals surface area contributed by atoms with Gasteiger partial charge in [-0.2, -0.15) is 0 Å². The average molecular weight is 496 g/mol. The van der Waals surface area contributed by atoms with Crippen LogP contribution >= 0.6 is 35.4 Å². The van der Waals surface area contributed by atoms with E-state index in [4.69, 9.17) is 40.2 Å². The first-order chi connectivity index (χ1) is 16.1. The maximum absolute atomic E-state index is 6.47. The van der Waals surface area contributed by atoms with Crippen molar-refractivity contribution < 1.29 is 4.74 Å². The van der Waals surface area contributed by atoms with Crippen LogP contribution in [0.4, 0.5) is 5.69 Å². The lowest BCUT2D eigenvalue weighted by Crippen LogP contribution is -2.30. The van der Waals surface area contributed by atoms with Gasteiger partial charge >= 0.3 is 0 Å². The van der Waals surface area contributed by atoms with E-state index in [0.717, 1.165) is 22.9 Å². The van der Waals surface area contributed by atoms with Crippen LogP contribution in [0.25, 0.3) is 5.82 Å². The van der Waals surface area contributed by atoms with Crippen LogP contribution in [0, 0.1) is 0 Å². The number of rotatable bonds is 5. The zero-order valence-electron chi connectivity index (χ0n) is 17.5. The number of anilines is 1. The van der Waals surface area contributed by atoms with Crippen molar-refractivity contribution in [2.45, 2.75) is 12.1 Å². The Balaban J connectivity index is 1.66. The van der Waals surface area contributed by atoms with E-state index in [2.05, 4.69) is 26.3 Å². The second-order valence-electron chi connectivity index (χ2n) is 7.45. The fourth-order valence-electron chi connectivity index (χ4n) is 4.09. The Hall–Kier alpha value is -3.13. The molecular formula is C24H19Cl2N5OS. The van der Waals surface area contributed by atoms with Crippen molar-refractivity contribution in [2.75, 3.05) is 12.0 Å². The summed E-state index contributed by atoms with van der Waals surface area (Å²) in [6, 6.07) is 18.8. The molecule has 1 aliphatic heterocycles. The number of pyridine rings is 2. The molecule has 0 aliphatic carbocycles. The van der Waals surface area contributed by atoms with Crippen LogP contribution in [0.3, 0.4) is 0 Å². The van der Waals surface area contributed by atoms with Crippen molar-refractivity contribution >= 4 is 46.2 Å². The zero-order chi connectivity index (χ0) is 22.9. The molecule has 0 bridgehead atoms. The molecule has 0 spiro atoms. The lowest BCUT2D eigenvalue weighted by atomic mass is 10.0. The van der Waals surface area contributed by atoms with E-state index in [1.54, 1.807) is 19.5 Å². The Kier molecular flexibility index (Phi) is 5.93. The first-order valence-electron chi connectivity index (χ1n) is 10.2. The molecule has 0 radical (unpaired) electrons. The number of hydrogen-bond acceptors (Lipinski definition) is 4. The molecule has 4 aromatic rings. The Bertz CT molecular complexity index is 1300. The monoisotopic (exact) mass is 495 g/mol. The molecule has 5 rings (SSSR count). The smallest absolute Gasteiger partial charge is 0.174 e. The van der Waals surface area contributed by atoms with Gasteiger partial charge < -0.3 is 19.5 Å². The lowest BCUT2D eigenvalue weighted by molar-refractivity contribution is 0.415. The van der Waals surface area contributed by atoms with Gasteiger partial charge in [0.2, 0.25) is 0 Å². The topological polar surface area (TPSA) is 55.2 Å². The van der Waals surface area contributed by atoms with Gasteiger partial charge in [-0.25, -0.2) is 4.98 Å². The molecular weight excluding hydrogens is 477 g/mol.